The molecule has 2 aromatic rings. The fraction of sp³-hybridized carbons (Fsp3) is 0.0714. The molecule has 8 nitrogen and oxygen atoms in total. The Balaban J connectivity index is 2.17. The molecule has 1 amide bonds. The molecule has 0 fully saturated rings. The molecule has 0 atom stereocenters. The Bertz CT molecular complexity index is 897. The fourth-order valence-corrected chi connectivity index (χ4v) is 2.79. The zero-order chi connectivity index (χ0) is 17.9. The standard InChI is InChI=1S/C14H12ClN3O5S/c1-9-2-4-10(5-3-9)14(19)16-17-24(22,23)11-6-7-12(15)13(8-11)18(20)21/h2-8,17H,1H3,(H,16,19). The van der Waals surface area contributed by atoms with E-state index >= 15 is 0 Å². The predicted molar refractivity (Wildman–Crippen MR) is 87.1 cm³/mol. The van der Waals surface area contributed by atoms with Crippen molar-refractivity contribution >= 4 is 33.2 Å². The largest absolute Gasteiger partial charge is 0.289 e. The summed E-state index contributed by atoms with van der Waals surface area (Å²) in [6.07, 6.45) is 0. The number of rotatable bonds is 5. The summed E-state index contributed by atoms with van der Waals surface area (Å²) >= 11 is 5.63. The first-order valence-electron chi connectivity index (χ1n) is 6.53. The van der Waals surface area contributed by atoms with Gasteiger partial charge >= 0.3 is 0 Å². The molecule has 0 radical (unpaired) electrons. The maximum Gasteiger partial charge on any atom is 0.289 e. The van der Waals surface area contributed by atoms with Gasteiger partial charge in [-0.3, -0.25) is 20.3 Å². The third-order valence-electron chi connectivity index (χ3n) is 3.04. The zero-order valence-corrected chi connectivity index (χ0v) is 13.9. The number of carbonyl (C=O) groups excluding carboxylic acids is 1. The van der Waals surface area contributed by atoms with Crippen molar-refractivity contribution in [2.75, 3.05) is 0 Å². The van der Waals surface area contributed by atoms with Gasteiger partial charge in [-0.2, -0.15) is 0 Å². The first-order chi connectivity index (χ1) is 11.2. The average Bonchev–Trinajstić information content (AvgIpc) is 2.53. The summed E-state index contributed by atoms with van der Waals surface area (Å²) in [6.45, 7) is 1.85. The lowest BCUT2D eigenvalue weighted by Gasteiger charge is -2.09. The smallest absolute Gasteiger partial charge is 0.273 e. The minimum atomic E-state index is -4.19. The normalized spacial score (nSPS) is 11.1. The molecule has 0 aromatic heterocycles. The van der Waals surface area contributed by atoms with E-state index in [4.69, 9.17) is 11.6 Å². The first kappa shape index (κ1) is 17.9. The number of hydrogen-bond acceptors (Lipinski definition) is 5. The Morgan fingerprint density at radius 1 is 1.17 bits per heavy atom. The summed E-state index contributed by atoms with van der Waals surface area (Å²) in [4.78, 5) is 23.4. The number of benzene rings is 2. The van der Waals surface area contributed by atoms with Crippen LogP contribution in [-0.2, 0) is 10.0 Å². The van der Waals surface area contributed by atoms with Crippen molar-refractivity contribution in [2.45, 2.75) is 11.8 Å². The van der Waals surface area contributed by atoms with Gasteiger partial charge in [-0.25, -0.2) is 8.42 Å². The van der Waals surface area contributed by atoms with Gasteiger partial charge in [-0.05, 0) is 31.2 Å². The number of hydrazine groups is 1. The van der Waals surface area contributed by atoms with Gasteiger partial charge in [-0.15, -0.1) is 4.83 Å². The number of aryl methyl sites for hydroxylation is 1. The third-order valence-corrected chi connectivity index (χ3v) is 4.60. The van der Waals surface area contributed by atoms with Crippen molar-refractivity contribution < 1.29 is 18.1 Å². The third kappa shape index (κ3) is 4.07. The number of amides is 1. The van der Waals surface area contributed by atoms with Crippen LogP contribution in [0.5, 0.6) is 0 Å². The number of nitro groups is 1. The summed E-state index contributed by atoms with van der Waals surface area (Å²) in [7, 11) is -4.19. The molecule has 2 N–H and O–H groups in total. The Kier molecular flexibility index (Phi) is 5.17. The molecule has 0 heterocycles. The van der Waals surface area contributed by atoms with Gasteiger partial charge in [0.15, 0.2) is 0 Å². The Labute approximate surface area is 142 Å². The highest BCUT2D eigenvalue weighted by atomic mass is 35.5. The SMILES string of the molecule is Cc1ccc(C(=O)NNS(=O)(=O)c2ccc(Cl)c([N+](=O)[O-])c2)cc1. The highest BCUT2D eigenvalue weighted by molar-refractivity contribution is 7.89. The van der Waals surface area contributed by atoms with E-state index in [2.05, 4.69) is 0 Å². The molecule has 2 aromatic carbocycles. The number of carbonyl (C=O) groups is 1. The van der Waals surface area contributed by atoms with Crippen LogP contribution < -0.4 is 10.3 Å². The average molecular weight is 370 g/mol. The second-order valence-electron chi connectivity index (χ2n) is 4.80. The van der Waals surface area contributed by atoms with Crippen LogP contribution in [-0.4, -0.2) is 19.2 Å². The number of halogens is 1. The van der Waals surface area contributed by atoms with Crippen molar-refractivity contribution in [2.24, 2.45) is 0 Å². The van der Waals surface area contributed by atoms with E-state index in [-0.39, 0.29) is 10.6 Å². The summed E-state index contributed by atoms with van der Waals surface area (Å²) in [5, 5.41) is 10.6. The molecule has 0 aliphatic heterocycles. The van der Waals surface area contributed by atoms with Crippen LogP contribution in [0.25, 0.3) is 0 Å². The molecule has 0 aliphatic carbocycles. The van der Waals surface area contributed by atoms with Crippen molar-refractivity contribution in [3.63, 3.8) is 0 Å². The number of sulfonamides is 1. The van der Waals surface area contributed by atoms with E-state index in [1.165, 1.54) is 12.1 Å². The number of nitro benzene ring substituents is 1. The second kappa shape index (κ2) is 6.95. The van der Waals surface area contributed by atoms with Gasteiger partial charge in [0, 0.05) is 11.6 Å². The lowest BCUT2D eigenvalue weighted by molar-refractivity contribution is -0.384. The topological polar surface area (TPSA) is 118 Å². The monoisotopic (exact) mass is 369 g/mol. The number of nitrogens with zero attached hydrogens (tertiary/aromatic N) is 1. The van der Waals surface area contributed by atoms with E-state index in [9.17, 15) is 23.3 Å². The molecule has 2 rings (SSSR count). The summed E-state index contributed by atoms with van der Waals surface area (Å²) in [5.41, 5.74) is 2.69. The van der Waals surface area contributed by atoms with Crippen LogP contribution in [0, 0.1) is 17.0 Å². The maximum absolute atomic E-state index is 12.1. The minimum absolute atomic E-state index is 0.192. The molecule has 0 bridgehead atoms. The van der Waals surface area contributed by atoms with Gasteiger partial charge in [0.05, 0.1) is 9.82 Å². The van der Waals surface area contributed by atoms with E-state index in [1.807, 2.05) is 17.2 Å². The van der Waals surface area contributed by atoms with Crippen molar-refractivity contribution in [3.05, 3.63) is 68.7 Å². The van der Waals surface area contributed by atoms with Gasteiger partial charge in [0.1, 0.15) is 5.02 Å². The predicted octanol–water partition coefficient (Wildman–Crippen LogP) is 2.18. The van der Waals surface area contributed by atoms with Gasteiger partial charge in [0.25, 0.3) is 21.6 Å². The number of hydrogen-bond donors (Lipinski definition) is 2. The molecule has 0 aliphatic rings. The Morgan fingerprint density at radius 3 is 2.38 bits per heavy atom. The molecule has 0 saturated carbocycles. The summed E-state index contributed by atoms with van der Waals surface area (Å²) < 4.78 is 24.2. The van der Waals surface area contributed by atoms with Crippen LogP contribution in [0.3, 0.4) is 0 Å². The lowest BCUT2D eigenvalue weighted by Crippen LogP contribution is -2.41. The highest BCUT2D eigenvalue weighted by Crippen LogP contribution is 2.26. The van der Waals surface area contributed by atoms with Crippen molar-refractivity contribution in [1.29, 1.82) is 0 Å². The van der Waals surface area contributed by atoms with Crippen LogP contribution >= 0.6 is 11.6 Å². The molecule has 0 saturated heterocycles. The molecule has 10 heteroatoms. The van der Waals surface area contributed by atoms with Gasteiger partial charge < -0.3 is 0 Å². The Hall–Kier alpha value is -2.49. The molecular weight excluding hydrogens is 358 g/mol. The van der Waals surface area contributed by atoms with Crippen molar-refractivity contribution in [1.82, 2.24) is 10.3 Å². The second-order valence-corrected chi connectivity index (χ2v) is 6.89. The quantitative estimate of drug-likeness (QED) is 0.618. The van der Waals surface area contributed by atoms with Crippen LogP contribution in [0.2, 0.25) is 5.02 Å². The Morgan fingerprint density at radius 2 is 1.79 bits per heavy atom. The van der Waals surface area contributed by atoms with Gasteiger partial charge in [-0.1, -0.05) is 29.3 Å². The van der Waals surface area contributed by atoms with E-state index in [0.717, 1.165) is 23.8 Å². The van der Waals surface area contributed by atoms with E-state index < -0.39 is 31.4 Å². The van der Waals surface area contributed by atoms with Gasteiger partial charge in [0.2, 0.25) is 0 Å². The molecular formula is C14H12ClN3O5S. The lowest BCUT2D eigenvalue weighted by atomic mass is 10.1. The van der Waals surface area contributed by atoms with Crippen LogP contribution in [0.1, 0.15) is 15.9 Å². The summed E-state index contributed by atoms with van der Waals surface area (Å²) in [6, 6.07) is 9.46. The molecule has 126 valence electrons. The van der Waals surface area contributed by atoms with E-state index in [1.54, 1.807) is 12.1 Å². The van der Waals surface area contributed by atoms with E-state index in [0.29, 0.717) is 0 Å². The maximum atomic E-state index is 12.1. The first-order valence-corrected chi connectivity index (χ1v) is 8.39. The van der Waals surface area contributed by atoms with Crippen molar-refractivity contribution in [3.8, 4) is 0 Å². The highest BCUT2D eigenvalue weighted by Gasteiger charge is 2.21. The van der Waals surface area contributed by atoms with Crippen LogP contribution in [0.4, 0.5) is 5.69 Å². The zero-order valence-electron chi connectivity index (χ0n) is 12.3. The number of nitrogens with one attached hydrogen (secondary N) is 2. The summed E-state index contributed by atoms with van der Waals surface area (Å²) in [5.74, 6) is -0.665. The molecule has 0 spiro atoms. The van der Waals surface area contributed by atoms with Crippen LogP contribution in [0.15, 0.2) is 47.4 Å². The minimum Gasteiger partial charge on any atom is -0.273 e. The molecule has 0 unspecified atom stereocenters. The fourth-order valence-electron chi connectivity index (χ4n) is 1.75. The molecule has 24 heavy (non-hydrogen) atoms.